The monoisotopic (exact) mass is 471 g/mol. The van der Waals surface area contributed by atoms with Gasteiger partial charge in [0.15, 0.2) is 6.61 Å². The second-order valence-corrected chi connectivity index (χ2v) is 7.68. The summed E-state index contributed by atoms with van der Waals surface area (Å²) in [7, 11) is 0. The molecule has 1 amide bonds. The second kappa shape index (κ2) is 9.05. The minimum absolute atomic E-state index is 0.267. The normalized spacial score (nSPS) is 12.5. The third-order valence-corrected chi connectivity index (χ3v) is 5.27. The van der Waals surface area contributed by atoms with Gasteiger partial charge < -0.3 is 14.5 Å². The number of halogens is 3. The van der Waals surface area contributed by atoms with E-state index in [1.807, 2.05) is 0 Å². The molecule has 2 aromatic carbocycles. The number of benzene rings is 2. The molecule has 1 N–H and O–H groups in total. The zero-order chi connectivity index (χ0) is 24.5. The van der Waals surface area contributed by atoms with E-state index >= 15 is 0 Å². The van der Waals surface area contributed by atoms with Gasteiger partial charge in [0.2, 0.25) is 0 Å². The highest BCUT2D eigenvalue weighted by Crippen LogP contribution is 2.31. The molecule has 0 bridgehead atoms. The first-order valence-corrected chi connectivity index (χ1v) is 10.3. The molecule has 0 aliphatic carbocycles. The summed E-state index contributed by atoms with van der Waals surface area (Å²) in [5.41, 5.74) is 0.598. The van der Waals surface area contributed by atoms with E-state index in [9.17, 15) is 22.8 Å². The van der Waals surface area contributed by atoms with Gasteiger partial charge in [-0.15, -0.1) is 0 Å². The van der Waals surface area contributed by atoms with Gasteiger partial charge in [0.1, 0.15) is 11.3 Å². The van der Waals surface area contributed by atoms with Crippen LogP contribution in [0.2, 0.25) is 0 Å². The maximum atomic E-state index is 13.0. The van der Waals surface area contributed by atoms with Gasteiger partial charge in [0, 0.05) is 28.8 Å². The highest BCUT2D eigenvalue weighted by molar-refractivity contribution is 5.79. The standard InChI is InChI=1S/C24H20F3N3O4/c1-14(20-12-28-30(15(20)2)18-5-3-4-17(10-18)24(25,26)27)29-22(31)13-33-19-8-6-16-7-9-23(32)34-21(16)11-19/h3-12,14H,13H2,1-2H3,(H,29,31). The highest BCUT2D eigenvalue weighted by Gasteiger charge is 2.30. The average Bonchev–Trinajstić information content (AvgIpc) is 3.18. The van der Waals surface area contributed by atoms with Gasteiger partial charge in [0.25, 0.3) is 5.91 Å². The van der Waals surface area contributed by atoms with Crippen LogP contribution in [0.25, 0.3) is 16.7 Å². The first kappa shape index (κ1) is 23.1. The fourth-order valence-electron chi connectivity index (χ4n) is 3.56. The smallest absolute Gasteiger partial charge is 0.416 e. The van der Waals surface area contributed by atoms with Crippen LogP contribution in [0.1, 0.15) is 29.8 Å². The van der Waals surface area contributed by atoms with Crippen molar-refractivity contribution >= 4 is 16.9 Å². The van der Waals surface area contributed by atoms with Gasteiger partial charge in [-0.3, -0.25) is 4.79 Å². The molecule has 176 valence electrons. The molecule has 0 spiro atoms. The fourth-order valence-corrected chi connectivity index (χ4v) is 3.56. The zero-order valence-corrected chi connectivity index (χ0v) is 18.2. The third kappa shape index (κ3) is 4.95. The molecule has 0 fully saturated rings. The van der Waals surface area contributed by atoms with Crippen LogP contribution in [0, 0.1) is 6.92 Å². The van der Waals surface area contributed by atoms with Gasteiger partial charge in [-0.1, -0.05) is 6.07 Å². The van der Waals surface area contributed by atoms with E-state index in [0.717, 1.165) is 17.5 Å². The fraction of sp³-hybridized carbons (Fsp3) is 0.208. The van der Waals surface area contributed by atoms with Crippen LogP contribution in [-0.4, -0.2) is 22.3 Å². The van der Waals surface area contributed by atoms with E-state index in [4.69, 9.17) is 9.15 Å². The number of hydrogen-bond acceptors (Lipinski definition) is 5. The highest BCUT2D eigenvalue weighted by atomic mass is 19.4. The van der Waals surface area contributed by atoms with Crippen molar-refractivity contribution in [1.82, 2.24) is 15.1 Å². The van der Waals surface area contributed by atoms with E-state index in [1.165, 1.54) is 35.1 Å². The quantitative estimate of drug-likeness (QED) is 0.417. The molecule has 0 saturated carbocycles. The van der Waals surface area contributed by atoms with Crippen molar-refractivity contribution in [3.8, 4) is 11.4 Å². The minimum Gasteiger partial charge on any atom is -0.484 e. The van der Waals surface area contributed by atoms with Crippen LogP contribution in [0.3, 0.4) is 0 Å². The van der Waals surface area contributed by atoms with Gasteiger partial charge >= 0.3 is 11.8 Å². The van der Waals surface area contributed by atoms with E-state index in [2.05, 4.69) is 10.4 Å². The predicted octanol–water partition coefficient (Wildman–Crippen LogP) is 4.56. The van der Waals surface area contributed by atoms with Crippen LogP contribution in [-0.2, 0) is 11.0 Å². The second-order valence-electron chi connectivity index (χ2n) is 7.68. The SMILES string of the molecule is Cc1c(C(C)NC(=O)COc2ccc3ccc(=O)oc3c2)cnn1-c1cccc(C(F)(F)F)c1. The Bertz CT molecular complexity index is 1410. The number of carbonyl (C=O) groups excluding carboxylic acids is 1. The predicted molar refractivity (Wildman–Crippen MR) is 118 cm³/mol. The molecule has 1 unspecified atom stereocenters. The minimum atomic E-state index is -4.46. The number of aromatic nitrogens is 2. The number of rotatable bonds is 6. The van der Waals surface area contributed by atoms with Crippen molar-refractivity contribution in [1.29, 1.82) is 0 Å². The summed E-state index contributed by atoms with van der Waals surface area (Å²) in [5.74, 6) is -0.0495. The van der Waals surface area contributed by atoms with Crippen molar-refractivity contribution in [3.05, 3.63) is 88.0 Å². The molecule has 0 radical (unpaired) electrons. The molecule has 4 aromatic rings. The Morgan fingerprint density at radius 1 is 1.18 bits per heavy atom. The topological polar surface area (TPSA) is 86.4 Å². The third-order valence-electron chi connectivity index (χ3n) is 5.27. The molecule has 7 nitrogen and oxygen atoms in total. The van der Waals surface area contributed by atoms with Crippen LogP contribution in [0.15, 0.2) is 70.0 Å². The Morgan fingerprint density at radius 3 is 2.71 bits per heavy atom. The summed E-state index contributed by atoms with van der Waals surface area (Å²) in [6, 6.07) is 12.2. The number of fused-ring (bicyclic) bond motifs is 1. The van der Waals surface area contributed by atoms with E-state index in [0.29, 0.717) is 22.6 Å². The molecule has 10 heteroatoms. The number of nitrogens with one attached hydrogen (secondary N) is 1. The van der Waals surface area contributed by atoms with E-state index < -0.39 is 29.3 Å². The lowest BCUT2D eigenvalue weighted by atomic mass is 10.1. The van der Waals surface area contributed by atoms with E-state index in [1.54, 1.807) is 32.0 Å². The van der Waals surface area contributed by atoms with Crippen molar-refractivity contribution in [2.45, 2.75) is 26.1 Å². The first-order valence-electron chi connectivity index (χ1n) is 10.3. The molecule has 34 heavy (non-hydrogen) atoms. The van der Waals surface area contributed by atoms with Crippen molar-refractivity contribution in [2.24, 2.45) is 0 Å². The Morgan fingerprint density at radius 2 is 1.94 bits per heavy atom. The molecule has 0 aliphatic heterocycles. The van der Waals surface area contributed by atoms with Crippen molar-refractivity contribution < 1.29 is 27.1 Å². The lowest BCUT2D eigenvalue weighted by Crippen LogP contribution is -2.31. The van der Waals surface area contributed by atoms with Gasteiger partial charge in [-0.05, 0) is 50.2 Å². The molecule has 0 saturated heterocycles. The number of hydrogen-bond donors (Lipinski definition) is 1. The molecular formula is C24H20F3N3O4. The van der Waals surface area contributed by atoms with Crippen LogP contribution < -0.4 is 15.7 Å². The zero-order valence-electron chi connectivity index (χ0n) is 18.2. The van der Waals surface area contributed by atoms with Gasteiger partial charge in [0.05, 0.1) is 23.5 Å². The summed E-state index contributed by atoms with van der Waals surface area (Å²) in [4.78, 5) is 23.8. The first-order chi connectivity index (χ1) is 16.1. The maximum Gasteiger partial charge on any atom is 0.416 e. The number of amides is 1. The number of ether oxygens (including phenoxy) is 1. The lowest BCUT2D eigenvalue weighted by molar-refractivity contribution is -0.137. The molecular weight excluding hydrogens is 451 g/mol. The molecule has 2 aromatic heterocycles. The summed E-state index contributed by atoms with van der Waals surface area (Å²) in [5, 5.41) is 7.70. The van der Waals surface area contributed by atoms with Crippen LogP contribution in [0.4, 0.5) is 13.2 Å². The van der Waals surface area contributed by atoms with Crippen LogP contribution >= 0.6 is 0 Å². The van der Waals surface area contributed by atoms with Crippen molar-refractivity contribution in [3.63, 3.8) is 0 Å². The van der Waals surface area contributed by atoms with Crippen LogP contribution in [0.5, 0.6) is 5.75 Å². The molecule has 2 heterocycles. The number of carbonyl (C=O) groups is 1. The summed E-state index contributed by atoms with van der Waals surface area (Å²) >= 11 is 0. The molecule has 4 rings (SSSR count). The molecule has 0 aliphatic rings. The lowest BCUT2D eigenvalue weighted by Gasteiger charge is -2.15. The summed E-state index contributed by atoms with van der Waals surface area (Å²) in [6.45, 7) is 3.17. The Kier molecular flexibility index (Phi) is 6.14. The number of alkyl halides is 3. The summed E-state index contributed by atoms with van der Waals surface area (Å²) in [6.07, 6.45) is -2.95. The van der Waals surface area contributed by atoms with Crippen molar-refractivity contribution in [2.75, 3.05) is 6.61 Å². The maximum absolute atomic E-state index is 13.0. The average molecular weight is 471 g/mol. The van der Waals surface area contributed by atoms with Gasteiger partial charge in [-0.25, -0.2) is 9.48 Å². The largest absolute Gasteiger partial charge is 0.484 e. The Balaban J connectivity index is 1.42. The summed E-state index contributed by atoms with van der Waals surface area (Å²) < 4.78 is 51.1. The Hall–Kier alpha value is -4.08. The number of nitrogens with zero attached hydrogens (tertiary/aromatic N) is 2. The molecule has 1 atom stereocenters. The van der Waals surface area contributed by atoms with E-state index in [-0.39, 0.29) is 12.3 Å². The Labute approximate surface area is 191 Å². The van der Waals surface area contributed by atoms with Gasteiger partial charge in [-0.2, -0.15) is 18.3 Å².